The Kier molecular flexibility index (Phi) is 8.07. The lowest BCUT2D eigenvalue weighted by molar-refractivity contribution is -0.105. The molecule has 0 saturated heterocycles. The third-order valence-electron chi connectivity index (χ3n) is 3.11. The highest BCUT2D eigenvalue weighted by atomic mass is 35.5. The highest BCUT2D eigenvalue weighted by molar-refractivity contribution is 5.91. The Morgan fingerprint density at radius 2 is 1.70 bits per heavy atom. The summed E-state index contributed by atoms with van der Waals surface area (Å²) in [5, 5.41) is 2.59. The quantitative estimate of drug-likeness (QED) is 0.562. The van der Waals surface area contributed by atoms with Gasteiger partial charge in [0.15, 0.2) is 5.75 Å². The molecule has 0 unspecified atom stereocenters. The number of amides is 1. The second kappa shape index (κ2) is 8.97. The largest absolute Gasteiger partial charge is 0.494 e. The van der Waals surface area contributed by atoms with Crippen molar-refractivity contribution in [3.05, 3.63) is 30.3 Å². The number of carbonyl (C=O) groups is 1. The second-order valence-electron chi connectivity index (χ2n) is 4.33. The van der Waals surface area contributed by atoms with Crippen molar-refractivity contribution < 1.29 is 14.3 Å². The van der Waals surface area contributed by atoms with E-state index in [1.54, 1.807) is 30.3 Å². The fraction of sp³-hybridized carbons (Fsp3) is 0.133. The van der Waals surface area contributed by atoms with Crippen molar-refractivity contribution in [1.29, 1.82) is 0 Å². The minimum absolute atomic E-state index is 0. The summed E-state index contributed by atoms with van der Waals surface area (Å²) in [6.07, 6.45) is 0.562. The van der Waals surface area contributed by atoms with Crippen LogP contribution < -0.4 is 26.3 Å². The van der Waals surface area contributed by atoms with E-state index in [9.17, 15) is 4.79 Å². The number of nitrogens with one attached hydrogen (secondary N) is 1. The number of anilines is 3. The number of hydrogen-bond acceptors (Lipinski definition) is 5. The maximum atomic E-state index is 10.8. The van der Waals surface area contributed by atoms with Crippen LogP contribution in [0.15, 0.2) is 30.3 Å². The highest BCUT2D eigenvalue weighted by Crippen LogP contribution is 2.44. The topological polar surface area (TPSA) is 99.6 Å². The van der Waals surface area contributed by atoms with Gasteiger partial charge < -0.3 is 26.3 Å². The number of ether oxygens (including phenoxy) is 2. The minimum atomic E-state index is 0. The number of hydrogen-bond donors (Lipinski definition) is 3. The van der Waals surface area contributed by atoms with Gasteiger partial charge in [0.05, 0.1) is 14.2 Å². The van der Waals surface area contributed by atoms with Crippen molar-refractivity contribution in [2.24, 2.45) is 0 Å². The van der Waals surface area contributed by atoms with E-state index in [1.165, 1.54) is 14.2 Å². The predicted octanol–water partition coefficient (Wildman–Crippen LogP) is 2.95. The maximum absolute atomic E-state index is 10.8. The molecule has 0 radical (unpaired) electrons. The molecule has 2 aromatic rings. The number of rotatable bonds is 5. The molecule has 0 saturated carbocycles. The number of benzene rings is 2. The summed E-state index contributed by atoms with van der Waals surface area (Å²) in [4.78, 5) is 10.8. The van der Waals surface area contributed by atoms with Crippen LogP contribution in [0.4, 0.5) is 17.1 Å². The summed E-state index contributed by atoms with van der Waals surface area (Å²) in [6, 6.07) is 8.73. The monoisotopic (exact) mass is 359 g/mol. The normalized spacial score (nSPS) is 9.13. The molecular formula is C15H19Cl2N3O3. The average Bonchev–Trinajstić information content (AvgIpc) is 2.49. The van der Waals surface area contributed by atoms with Gasteiger partial charge in [-0.05, 0) is 30.3 Å². The summed E-state index contributed by atoms with van der Waals surface area (Å²) < 4.78 is 10.7. The molecule has 0 aliphatic rings. The number of nitrogens with two attached hydrogens (primary N) is 2. The minimum Gasteiger partial charge on any atom is -0.494 e. The molecule has 2 rings (SSSR count). The van der Waals surface area contributed by atoms with E-state index in [0.717, 1.165) is 5.56 Å². The first-order valence-electron chi connectivity index (χ1n) is 6.23. The highest BCUT2D eigenvalue weighted by Gasteiger charge is 2.17. The number of methoxy groups -OCH3 is 2. The van der Waals surface area contributed by atoms with Crippen molar-refractivity contribution in [1.82, 2.24) is 0 Å². The number of halogens is 2. The van der Waals surface area contributed by atoms with Gasteiger partial charge in [-0.2, -0.15) is 0 Å². The Morgan fingerprint density at radius 1 is 1.00 bits per heavy atom. The second-order valence-corrected chi connectivity index (χ2v) is 4.33. The predicted molar refractivity (Wildman–Crippen MR) is 98.0 cm³/mol. The Morgan fingerprint density at radius 3 is 2.26 bits per heavy atom. The van der Waals surface area contributed by atoms with Gasteiger partial charge in [0.25, 0.3) is 0 Å². The number of carbonyl (C=O) groups excluding carboxylic acids is 1. The molecule has 126 valence electrons. The van der Waals surface area contributed by atoms with Gasteiger partial charge in [0, 0.05) is 22.5 Å². The Hall–Kier alpha value is -2.31. The molecule has 6 nitrogen and oxygen atoms in total. The third-order valence-corrected chi connectivity index (χ3v) is 3.11. The molecule has 0 aliphatic heterocycles. The molecule has 0 heterocycles. The SMILES string of the molecule is COc1ccc(-c2cc(N)ccc2N)c(OC)c1NC=O.Cl.Cl. The van der Waals surface area contributed by atoms with Crippen LogP contribution in [0.25, 0.3) is 11.1 Å². The molecule has 0 spiro atoms. The number of nitrogen functional groups attached to an aromatic ring is 2. The molecule has 0 fully saturated rings. The van der Waals surface area contributed by atoms with E-state index in [-0.39, 0.29) is 24.8 Å². The van der Waals surface area contributed by atoms with Crippen LogP contribution in [0, 0.1) is 0 Å². The zero-order valence-electron chi connectivity index (χ0n) is 12.7. The summed E-state index contributed by atoms with van der Waals surface area (Å²) in [5.74, 6) is 0.948. The third kappa shape index (κ3) is 4.12. The standard InChI is InChI=1S/C15H17N3O3.2ClH/c1-20-13-6-4-10(15(21-2)14(13)18-8-19)11-7-9(16)3-5-12(11)17;;/h3-8H,16-17H2,1-2H3,(H,18,19);2*1H. The molecule has 23 heavy (non-hydrogen) atoms. The van der Waals surface area contributed by atoms with Gasteiger partial charge in [-0.15, -0.1) is 24.8 Å². The molecule has 1 amide bonds. The average molecular weight is 360 g/mol. The van der Waals surface area contributed by atoms with Crippen molar-refractivity contribution in [3.63, 3.8) is 0 Å². The van der Waals surface area contributed by atoms with Crippen LogP contribution in [0.1, 0.15) is 0 Å². The van der Waals surface area contributed by atoms with Crippen LogP contribution in [-0.4, -0.2) is 20.6 Å². The van der Waals surface area contributed by atoms with Gasteiger partial charge >= 0.3 is 0 Å². The lowest BCUT2D eigenvalue weighted by atomic mass is 10.0. The first-order valence-corrected chi connectivity index (χ1v) is 6.23. The van der Waals surface area contributed by atoms with Gasteiger partial charge in [-0.25, -0.2) is 0 Å². The van der Waals surface area contributed by atoms with Gasteiger partial charge in [-0.3, -0.25) is 4.79 Å². The smallest absolute Gasteiger partial charge is 0.211 e. The molecule has 8 heteroatoms. The molecule has 0 aliphatic carbocycles. The molecule has 0 aromatic heterocycles. The van der Waals surface area contributed by atoms with Crippen LogP contribution in [0.5, 0.6) is 11.5 Å². The van der Waals surface area contributed by atoms with Crippen LogP contribution in [0.2, 0.25) is 0 Å². The van der Waals surface area contributed by atoms with Gasteiger partial charge in [0.2, 0.25) is 6.41 Å². The van der Waals surface area contributed by atoms with Crippen molar-refractivity contribution in [2.45, 2.75) is 0 Å². The molecule has 0 atom stereocenters. The van der Waals surface area contributed by atoms with E-state index in [0.29, 0.717) is 40.5 Å². The Balaban J connectivity index is 0.00000242. The lowest BCUT2D eigenvalue weighted by Gasteiger charge is -2.17. The van der Waals surface area contributed by atoms with Crippen LogP contribution in [0.3, 0.4) is 0 Å². The zero-order valence-corrected chi connectivity index (χ0v) is 14.3. The van der Waals surface area contributed by atoms with Crippen molar-refractivity contribution >= 4 is 48.3 Å². The maximum Gasteiger partial charge on any atom is 0.211 e. The first-order chi connectivity index (χ1) is 10.1. The summed E-state index contributed by atoms with van der Waals surface area (Å²) in [5.41, 5.74) is 14.8. The lowest BCUT2D eigenvalue weighted by Crippen LogP contribution is -2.03. The van der Waals surface area contributed by atoms with E-state index in [4.69, 9.17) is 20.9 Å². The molecular weight excluding hydrogens is 341 g/mol. The van der Waals surface area contributed by atoms with E-state index in [2.05, 4.69) is 5.32 Å². The van der Waals surface area contributed by atoms with Crippen molar-refractivity contribution in [3.8, 4) is 22.6 Å². The van der Waals surface area contributed by atoms with Gasteiger partial charge in [-0.1, -0.05) is 0 Å². The fourth-order valence-corrected chi connectivity index (χ4v) is 2.16. The van der Waals surface area contributed by atoms with Crippen LogP contribution in [-0.2, 0) is 4.79 Å². The van der Waals surface area contributed by atoms with Crippen molar-refractivity contribution in [2.75, 3.05) is 31.0 Å². The van der Waals surface area contributed by atoms with Crippen LogP contribution >= 0.6 is 24.8 Å². The van der Waals surface area contributed by atoms with E-state index < -0.39 is 0 Å². The summed E-state index contributed by atoms with van der Waals surface area (Å²) in [7, 11) is 3.02. The van der Waals surface area contributed by atoms with Gasteiger partial charge in [0.1, 0.15) is 11.4 Å². The summed E-state index contributed by atoms with van der Waals surface area (Å²) in [6.45, 7) is 0. The Labute approximate surface area is 147 Å². The van der Waals surface area contributed by atoms with E-state index in [1.807, 2.05) is 0 Å². The first kappa shape index (κ1) is 20.7. The molecule has 5 N–H and O–H groups in total. The van der Waals surface area contributed by atoms with E-state index >= 15 is 0 Å². The molecule has 0 bridgehead atoms. The molecule has 2 aromatic carbocycles. The zero-order chi connectivity index (χ0) is 15.4. The Bertz CT molecular complexity index is 681. The fourth-order valence-electron chi connectivity index (χ4n) is 2.16. The summed E-state index contributed by atoms with van der Waals surface area (Å²) >= 11 is 0.